The Bertz CT molecular complexity index is 580. The maximum atomic E-state index is 11.6. The van der Waals surface area contributed by atoms with E-state index in [2.05, 4.69) is 16.4 Å². The van der Waals surface area contributed by atoms with E-state index in [1.807, 2.05) is 18.2 Å². The maximum Gasteiger partial charge on any atom is 0.409 e. The molecule has 5 nitrogen and oxygen atoms in total. The standard InChI is InChI=1S/C14H17N3O2S/c1-19-14(18)17-8-4-5-10(9-17)15-13-16-11-6-2-3-7-12(11)20-13/h2-3,6-7,10H,4-5,8-9H2,1H3,(H,15,16). The Hall–Kier alpha value is -1.82. The van der Waals surface area contributed by atoms with Gasteiger partial charge < -0.3 is 15.0 Å². The number of para-hydroxylation sites is 1. The fourth-order valence-electron chi connectivity index (χ4n) is 2.50. The van der Waals surface area contributed by atoms with Crippen molar-refractivity contribution >= 4 is 32.8 Å². The molecule has 1 aromatic carbocycles. The molecule has 6 heteroatoms. The van der Waals surface area contributed by atoms with E-state index in [-0.39, 0.29) is 12.1 Å². The van der Waals surface area contributed by atoms with Crippen LogP contribution >= 0.6 is 11.3 Å². The summed E-state index contributed by atoms with van der Waals surface area (Å²) in [6.07, 6.45) is 1.78. The molecule has 0 saturated carbocycles. The molecule has 0 spiro atoms. The topological polar surface area (TPSA) is 54.5 Å². The number of ether oxygens (including phenoxy) is 1. The van der Waals surface area contributed by atoms with Crippen molar-refractivity contribution in [2.45, 2.75) is 18.9 Å². The van der Waals surface area contributed by atoms with E-state index in [1.165, 1.54) is 11.8 Å². The second kappa shape index (κ2) is 5.66. The number of methoxy groups -OCH3 is 1. The smallest absolute Gasteiger partial charge is 0.409 e. The van der Waals surface area contributed by atoms with Crippen LogP contribution in [0.5, 0.6) is 0 Å². The molecular weight excluding hydrogens is 274 g/mol. The second-order valence-electron chi connectivity index (χ2n) is 4.89. The van der Waals surface area contributed by atoms with Crippen LogP contribution in [0.2, 0.25) is 0 Å². The molecule has 3 rings (SSSR count). The zero-order valence-electron chi connectivity index (χ0n) is 11.3. The molecule has 2 aromatic rings. The molecule has 1 aliphatic heterocycles. The average molecular weight is 291 g/mol. The van der Waals surface area contributed by atoms with Crippen LogP contribution in [0, 0.1) is 0 Å². The zero-order chi connectivity index (χ0) is 13.9. The summed E-state index contributed by atoms with van der Waals surface area (Å²) in [5, 5.41) is 4.36. The first-order chi connectivity index (χ1) is 9.76. The third-order valence-electron chi connectivity index (χ3n) is 3.48. The lowest BCUT2D eigenvalue weighted by Gasteiger charge is -2.31. The number of thiazole rings is 1. The van der Waals surface area contributed by atoms with E-state index in [0.29, 0.717) is 6.54 Å². The van der Waals surface area contributed by atoms with Crippen LogP contribution in [0.1, 0.15) is 12.8 Å². The number of amides is 1. The maximum absolute atomic E-state index is 11.6. The molecule has 0 aliphatic carbocycles. The Balaban J connectivity index is 1.69. The van der Waals surface area contributed by atoms with E-state index in [9.17, 15) is 4.79 Å². The number of benzene rings is 1. The fourth-order valence-corrected chi connectivity index (χ4v) is 3.44. The summed E-state index contributed by atoms with van der Waals surface area (Å²) in [5.41, 5.74) is 1.01. The number of aromatic nitrogens is 1. The van der Waals surface area contributed by atoms with Gasteiger partial charge in [-0.15, -0.1) is 0 Å². The van der Waals surface area contributed by atoms with Crippen molar-refractivity contribution in [3.8, 4) is 0 Å². The number of anilines is 1. The molecule has 0 radical (unpaired) electrons. The van der Waals surface area contributed by atoms with Crippen molar-refractivity contribution in [1.29, 1.82) is 0 Å². The lowest BCUT2D eigenvalue weighted by Crippen LogP contribution is -2.45. The summed E-state index contributed by atoms with van der Waals surface area (Å²) < 4.78 is 5.96. The van der Waals surface area contributed by atoms with Crippen molar-refractivity contribution in [2.75, 3.05) is 25.5 Å². The minimum atomic E-state index is -0.249. The highest BCUT2D eigenvalue weighted by Crippen LogP contribution is 2.27. The largest absolute Gasteiger partial charge is 0.453 e. The number of nitrogens with zero attached hydrogens (tertiary/aromatic N) is 2. The summed E-state index contributed by atoms with van der Waals surface area (Å²) in [6, 6.07) is 8.33. The third-order valence-corrected chi connectivity index (χ3v) is 4.44. The van der Waals surface area contributed by atoms with Crippen LogP contribution < -0.4 is 5.32 Å². The number of fused-ring (bicyclic) bond motifs is 1. The van der Waals surface area contributed by atoms with Gasteiger partial charge in [-0.1, -0.05) is 23.5 Å². The van der Waals surface area contributed by atoms with Gasteiger partial charge in [-0.05, 0) is 25.0 Å². The van der Waals surface area contributed by atoms with E-state index in [4.69, 9.17) is 4.74 Å². The van der Waals surface area contributed by atoms with Gasteiger partial charge in [-0.25, -0.2) is 9.78 Å². The highest BCUT2D eigenvalue weighted by Gasteiger charge is 2.24. The van der Waals surface area contributed by atoms with Gasteiger partial charge in [-0.3, -0.25) is 0 Å². The first-order valence-corrected chi connectivity index (χ1v) is 7.53. The van der Waals surface area contributed by atoms with Gasteiger partial charge in [0.15, 0.2) is 5.13 Å². The Labute approximate surface area is 121 Å². The van der Waals surface area contributed by atoms with Crippen molar-refractivity contribution in [3.05, 3.63) is 24.3 Å². The second-order valence-corrected chi connectivity index (χ2v) is 5.92. The minimum absolute atomic E-state index is 0.239. The molecule has 1 aromatic heterocycles. The summed E-state index contributed by atoms with van der Waals surface area (Å²) >= 11 is 1.65. The number of hydrogen-bond acceptors (Lipinski definition) is 5. The minimum Gasteiger partial charge on any atom is -0.453 e. The predicted molar refractivity (Wildman–Crippen MR) is 80.2 cm³/mol. The van der Waals surface area contributed by atoms with Gasteiger partial charge in [0.1, 0.15) is 0 Å². The number of carbonyl (C=O) groups is 1. The molecule has 1 saturated heterocycles. The van der Waals surface area contributed by atoms with Gasteiger partial charge in [0, 0.05) is 19.1 Å². The van der Waals surface area contributed by atoms with Gasteiger partial charge in [0.2, 0.25) is 0 Å². The molecule has 2 heterocycles. The predicted octanol–water partition coefficient (Wildman–Crippen LogP) is 2.94. The molecule has 1 aliphatic rings. The zero-order valence-corrected chi connectivity index (χ0v) is 12.2. The number of piperidine rings is 1. The highest BCUT2D eigenvalue weighted by molar-refractivity contribution is 7.22. The number of hydrogen-bond donors (Lipinski definition) is 1. The van der Waals surface area contributed by atoms with Gasteiger partial charge in [0.25, 0.3) is 0 Å². The number of nitrogens with one attached hydrogen (secondary N) is 1. The highest BCUT2D eigenvalue weighted by atomic mass is 32.1. The lowest BCUT2D eigenvalue weighted by atomic mass is 10.1. The molecule has 1 atom stereocenters. The first kappa shape index (κ1) is 13.2. The van der Waals surface area contributed by atoms with Crippen LogP contribution in [-0.4, -0.2) is 42.2 Å². The van der Waals surface area contributed by atoms with Crippen LogP contribution in [0.4, 0.5) is 9.93 Å². The average Bonchev–Trinajstić information content (AvgIpc) is 2.88. The summed E-state index contributed by atoms with van der Waals surface area (Å²) in [7, 11) is 1.42. The SMILES string of the molecule is COC(=O)N1CCCC(Nc2nc3ccccc3s2)C1. The Kier molecular flexibility index (Phi) is 3.73. The molecule has 0 bridgehead atoms. The summed E-state index contributed by atoms with van der Waals surface area (Å²) in [6.45, 7) is 1.44. The molecule has 1 unspecified atom stereocenters. The van der Waals surface area contributed by atoms with E-state index >= 15 is 0 Å². The lowest BCUT2D eigenvalue weighted by molar-refractivity contribution is 0.113. The van der Waals surface area contributed by atoms with E-state index in [1.54, 1.807) is 16.2 Å². The molecular formula is C14H17N3O2S. The number of rotatable bonds is 2. The number of carbonyl (C=O) groups excluding carboxylic acids is 1. The van der Waals surface area contributed by atoms with Crippen LogP contribution in [-0.2, 0) is 4.74 Å². The van der Waals surface area contributed by atoms with Gasteiger partial charge in [0.05, 0.1) is 17.3 Å². The fraction of sp³-hybridized carbons (Fsp3) is 0.429. The van der Waals surface area contributed by atoms with Crippen molar-refractivity contribution in [3.63, 3.8) is 0 Å². The van der Waals surface area contributed by atoms with Crippen LogP contribution in [0.25, 0.3) is 10.2 Å². The van der Waals surface area contributed by atoms with Crippen LogP contribution in [0.15, 0.2) is 24.3 Å². The van der Waals surface area contributed by atoms with Gasteiger partial charge in [-0.2, -0.15) is 0 Å². The Morgan fingerprint density at radius 1 is 1.50 bits per heavy atom. The van der Waals surface area contributed by atoms with Crippen molar-refractivity contribution in [1.82, 2.24) is 9.88 Å². The third kappa shape index (κ3) is 2.70. The molecule has 1 N–H and O–H groups in total. The molecule has 106 valence electrons. The van der Waals surface area contributed by atoms with Crippen LogP contribution in [0.3, 0.4) is 0 Å². The van der Waals surface area contributed by atoms with E-state index in [0.717, 1.165) is 30.0 Å². The quantitative estimate of drug-likeness (QED) is 0.924. The normalized spacial score (nSPS) is 19.1. The molecule has 1 fully saturated rings. The van der Waals surface area contributed by atoms with E-state index < -0.39 is 0 Å². The van der Waals surface area contributed by atoms with Crippen molar-refractivity contribution < 1.29 is 9.53 Å². The Morgan fingerprint density at radius 3 is 3.15 bits per heavy atom. The monoisotopic (exact) mass is 291 g/mol. The molecule has 20 heavy (non-hydrogen) atoms. The van der Waals surface area contributed by atoms with Crippen molar-refractivity contribution in [2.24, 2.45) is 0 Å². The van der Waals surface area contributed by atoms with Gasteiger partial charge >= 0.3 is 6.09 Å². The summed E-state index contributed by atoms with van der Waals surface area (Å²) in [5.74, 6) is 0. The number of likely N-dealkylation sites (tertiary alicyclic amines) is 1. The Morgan fingerprint density at radius 2 is 2.35 bits per heavy atom. The summed E-state index contributed by atoms with van der Waals surface area (Å²) in [4.78, 5) is 17.9. The first-order valence-electron chi connectivity index (χ1n) is 6.71. The molecule has 1 amide bonds.